The zero-order chi connectivity index (χ0) is 26.5. The zero-order valence-electron chi connectivity index (χ0n) is 22.2. The third kappa shape index (κ3) is 6.05. The second kappa shape index (κ2) is 11.6. The summed E-state index contributed by atoms with van der Waals surface area (Å²) in [4.78, 5) is 41.4. The van der Waals surface area contributed by atoms with Gasteiger partial charge in [0.1, 0.15) is 0 Å². The SMILES string of the molecule is C=CC(=O)N1CCN(C(CC(C)C)c2ccc([C@H](C)Nc3ncc4cnc(=O)n(CC)c4n3)cc2)CC1. The highest BCUT2D eigenvalue weighted by Crippen LogP contribution is 2.30. The number of hydrogen-bond donors (Lipinski definition) is 1. The lowest BCUT2D eigenvalue weighted by Crippen LogP contribution is -2.49. The van der Waals surface area contributed by atoms with Gasteiger partial charge in [0.05, 0.1) is 11.4 Å². The van der Waals surface area contributed by atoms with Gasteiger partial charge in [-0.3, -0.25) is 14.3 Å². The highest BCUT2D eigenvalue weighted by atomic mass is 16.2. The Morgan fingerprint density at radius 1 is 1.05 bits per heavy atom. The molecule has 37 heavy (non-hydrogen) atoms. The smallest absolute Gasteiger partial charge is 0.348 e. The zero-order valence-corrected chi connectivity index (χ0v) is 22.2. The van der Waals surface area contributed by atoms with E-state index in [0.29, 0.717) is 30.1 Å². The van der Waals surface area contributed by atoms with Crippen molar-refractivity contribution < 1.29 is 4.79 Å². The van der Waals surface area contributed by atoms with Crippen molar-refractivity contribution in [2.75, 3.05) is 31.5 Å². The molecule has 196 valence electrons. The standard InChI is InChI=1S/C28H37N7O2/c1-6-25(36)34-14-12-33(13-15-34)24(16-19(3)4)22-10-8-21(9-11-22)20(5)31-27-29-17-23-18-30-28(37)35(7-2)26(23)32-27/h6,8-11,17-20,24H,1,7,12-16H2,2-5H3,(H,29,31,32)/t20-,24?/m0/s1. The first-order valence-electron chi connectivity index (χ1n) is 13.0. The molecule has 0 bridgehead atoms. The predicted molar refractivity (Wildman–Crippen MR) is 146 cm³/mol. The van der Waals surface area contributed by atoms with Gasteiger partial charge in [0.15, 0.2) is 5.65 Å². The molecule has 4 rings (SSSR count). The number of amides is 1. The van der Waals surface area contributed by atoms with Crippen LogP contribution in [0.15, 0.2) is 54.1 Å². The minimum absolute atomic E-state index is 0.0101. The molecule has 0 radical (unpaired) electrons. The summed E-state index contributed by atoms with van der Waals surface area (Å²) in [6.45, 7) is 15.8. The monoisotopic (exact) mass is 503 g/mol. The number of nitrogens with zero attached hydrogens (tertiary/aromatic N) is 6. The molecule has 9 heteroatoms. The van der Waals surface area contributed by atoms with E-state index in [0.717, 1.165) is 43.5 Å². The van der Waals surface area contributed by atoms with Crippen LogP contribution >= 0.6 is 0 Å². The van der Waals surface area contributed by atoms with E-state index in [-0.39, 0.29) is 17.6 Å². The van der Waals surface area contributed by atoms with Crippen molar-refractivity contribution in [2.45, 2.75) is 52.7 Å². The van der Waals surface area contributed by atoms with Crippen molar-refractivity contribution in [3.8, 4) is 0 Å². The molecule has 0 aliphatic carbocycles. The number of benzene rings is 1. The first kappa shape index (κ1) is 26.5. The summed E-state index contributed by atoms with van der Waals surface area (Å²) < 4.78 is 1.55. The first-order chi connectivity index (χ1) is 17.8. The van der Waals surface area contributed by atoms with E-state index >= 15 is 0 Å². The molecule has 1 saturated heterocycles. The van der Waals surface area contributed by atoms with Crippen molar-refractivity contribution >= 4 is 22.9 Å². The van der Waals surface area contributed by atoms with Gasteiger partial charge in [-0.2, -0.15) is 4.98 Å². The molecular weight excluding hydrogens is 466 g/mol. The molecule has 1 fully saturated rings. The molecule has 0 saturated carbocycles. The second-order valence-corrected chi connectivity index (χ2v) is 10.0. The average molecular weight is 504 g/mol. The Morgan fingerprint density at radius 2 is 1.70 bits per heavy atom. The van der Waals surface area contributed by atoms with Gasteiger partial charge in [0.25, 0.3) is 0 Å². The number of nitrogens with one attached hydrogen (secondary N) is 1. The van der Waals surface area contributed by atoms with E-state index in [2.05, 4.69) is 76.8 Å². The molecule has 9 nitrogen and oxygen atoms in total. The van der Waals surface area contributed by atoms with Crippen LogP contribution in [0, 0.1) is 5.92 Å². The largest absolute Gasteiger partial charge is 0.349 e. The molecule has 2 atom stereocenters. The number of hydrogen-bond acceptors (Lipinski definition) is 7. The fourth-order valence-corrected chi connectivity index (χ4v) is 4.94. The van der Waals surface area contributed by atoms with Crippen molar-refractivity contribution in [3.05, 3.63) is 70.9 Å². The molecule has 3 heterocycles. The Kier molecular flexibility index (Phi) is 8.33. The third-order valence-corrected chi connectivity index (χ3v) is 7.02. The van der Waals surface area contributed by atoms with Gasteiger partial charge in [-0.25, -0.2) is 14.8 Å². The maximum absolute atomic E-state index is 12.1. The van der Waals surface area contributed by atoms with Crippen LogP contribution in [-0.4, -0.2) is 61.4 Å². The van der Waals surface area contributed by atoms with E-state index in [4.69, 9.17) is 0 Å². The van der Waals surface area contributed by atoms with Crippen molar-refractivity contribution in [1.29, 1.82) is 0 Å². The predicted octanol–water partition coefficient (Wildman–Crippen LogP) is 3.80. The molecule has 1 aliphatic heterocycles. The van der Waals surface area contributed by atoms with E-state index in [1.54, 1.807) is 10.8 Å². The Balaban J connectivity index is 1.48. The summed E-state index contributed by atoms with van der Waals surface area (Å²) in [6.07, 6.45) is 5.66. The van der Waals surface area contributed by atoms with Crippen LogP contribution in [-0.2, 0) is 11.3 Å². The number of carbonyl (C=O) groups is 1. The quantitative estimate of drug-likeness (QED) is 0.444. The normalized spacial score (nSPS) is 16.1. The number of anilines is 1. The van der Waals surface area contributed by atoms with Crippen LogP contribution in [0.4, 0.5) is 5.95 Å². The van der Waals surface area contributed by atoms with Crippen LogP contribution in [0.25, 0.3) is 11.0 Å². The maximum Gasteiger partial charge on any atom is 0.349 e. The molecule has 2 aromatic heterocycles. The summed E-state index contributed by atoms with van der Waals surface area (Å²) in [5.74, 6) is 1.04. The molecule has 1 aliphatic rings. The molecule has 1 amide bonds. The summed E-state index contributed by atoms with van der Waals surface area (Å²) >= 11 is 0. The first-order valence-corrected chi connectivity index (χ1v) is 13.0. The van der Waals surface area contributed by atoms with Gasteiger partial charge in [0.2, 0.25) is 11.9 Å². The lowest BCUT2D eigenvalue weighted by molar-refractivity contribution is -0.128. The highest BCUT2D eigenvalue weighted by molar-refractivity contribution is 5.87. The number of piperazine rings is 1. The van der Waals surface area contributed by atoms with E-state index in [9.17, 15) is 9.59 Å². The fraction of sp³-hybridized carbons (Fsp3) is 0.464. The van der Waals surface area contributed by atoms with Crippen LogP contribution in [0.1, 0.15) is 57.3 Å². The molecular formula is C28H37N7O2. The van der Waals surface area contributed by atoms with Gasteiger partial charge < -0.3 is 10.2 Å². The van der Waals surface area contributed by atoms with Gasteiger partial charge in [-0.1, -0.05) is 44.7 Å². The van der Waals surface area contributed by atoms with Crippen molar-refractivity contribution in [1.82, 2.24) is 29.3 Å². The van der Waals surface area contributed by atoms with E-state index < -0.39 is 0 Å². The van der Waals surface area contributed by atoms with Crippen molar-refractivity contribution in [3.63, 3.8) is 0 Å². The molecule has 1 N–H and O–H groups in total. The van der Waals surface area contributed by atoms with Crippen LogP contribution in [0.5, 0.6) is 0 Å². The summed E-state index contributed by atoms with van der Waals surface area (Å²) in [7, 11) is 0. The Morgan fingerprint density at radius 3 is 2.32 bits per heavy atom. The van der Waals surface area contributed by atoms with Gasteiger partial charge >= 0.3 is 5.69 Å². The number of rotatable bonds is 9. The van der Waals surface area contributed by atoms with Gasteiger partial charge in [-0.15, -0.1) is 0 Å². The topological polar surface area (TPSA) is 96.3 Å². The van der Waals surface area contributed by atoms with Gasteiger partial charge in [-0.05, 0) is 43.4 Å². The molecule has 0 spiro atoms. The summed E-state index contributed by atoms with van der Waals surface area (Å²) in [5.41, 5.74) is 2.68. The van der Waals surface area contributed by atoms with Crippen LogP contribution in [0.3, 0.4) is 0 Å². The second-order valence-electron chi connectivity index (χ2n) is 10.0. The highest BCUT2D eigenvalue weighted by Gasteiger charge is 2.27. The minimum atomic E-state index is -0.312. The van der Waals surface area contributed by atoms with Gasteiger partial charge in [0, 0.05) is 51.2 Å². The molecule has 1 aromatic carbocycles. The number of fused-ring (bicyclic) bond motifs is 1. The number of aromatic nitrogens is 4. The Bertz CT molecular complexity index is 1290. The Hall–Kier alpha value is -3.59. The maximum atomic E-state index is 12.1. The average Bonchev–Trinajstić information content (AvgIpc) is 2.91. The molecule has 1 unspecified atom stereocenters. The minimum Gasteiger partial charge on any atom is -0.348 e. The fourth-order valence-electron chi connectivity index (χ4n) is 4.94. The summed E-state index contributed by atoms with van der Waals surface area (Å²) in [5, 5.41) is 4.10. The number of aryl methyl sites for hydroxylation is 1. The lowest BCUT2D eigenvalue weighted by atomic mass is 9.93. The van der Waals surface area contributed by atoms with Crippen molar-refractivity contribution in [2.24, 2.45) is 5.92 Å². The van der Waals surface area contributed by atoms with Crippen LogP contribution < -0.4 is 11.0 Å². The number of carbonyl (C=O) groups excluding carboxylic acids is 1. The Labute approximate surface area is 218 Å². The van der Waals surface area contributed by atoms with Crippen LogP contribution in [0.2, 0.25) is 0 Å². The van der Waals surface area contributed by atoms with E-state index in [1.165, 1.54) is 17.8 Å². The summed E-state index contributed by atoms with van der Waals surface area (Å²) in [6, 6.07) is 9.02. The molecule has 3 aromatic rings. The third-order valence-electron chi connectivity index (χ3n) is 7.02. The van der Waals surface area contributed by atoms with E-state index in [1.807, 2.05) is 11.8 Å². The lowest BCUT2D eigenvalue weighted by Gasteiger charge is -2.40.